The Kier molecular flexibility index (Phi) is 4.51. The van der Waals surface area contributed by atoms with Gasteiger partial charge in [0.15, 0.2) is 0 Å². The van der Waals surface area contributed by atoms with E-state index in [-0.39, 0.29) is 0 Å². The molecule has 0 bridgehead atoms. The zero-order valence-electron chi connectivity index (χ0n) is 9.21. The van der Waals surface area contributed by atoms with Crippen LogP contribution in [-0.2, 0) is 16.5 Å². The molecule has 0 amide bonds. The summed E-state index contributed by atoms with van der Waals surface area (Å²) in [4.78, 5) is 11.5. The van der Waals surface area contributed by atoms with Crippen molar-refractivity contribution in [1.29, 1.82) is 5.26 Å². The average molecular weight is 282 g/mol. The van der Waals surface area contributed by atoms with Crippen LogP contribution in [-0.4, -0.2) is 13.1 Å². The van der Waals surface area contributed by atoms with Gasteiger partial charge in [-0.05, 0) is 23.6 Å². The number of alkyl halides is 1. The summed E-state index contributed by atoms with van der Waals surface area (Å²) >= 11 is 3.37. The third kappa shape index (κ3) is 2.25. The highest BCUT2D eigenvalue weighted by Gasteiger charge is 2.16. The lowest BCUT2D eigenvalue weighted by atomic mass is 9.95. The number of nitrogens with zero attached hydrogens (tertiary/aromatic N) is 1. The van der Waals surface area contributed by atoms with Gasteiger partial charge in [-0.3, -0.25) is 0 Å². The lowest BCUT2D eigenvalue weighted by molar-refractivity contribution is 0.0600. The molecule has 3 nitrogen and oxygen atoms in total. The van der Waals surface area contributed by atoms with Crippen molar-refractivity contribution in [2.75, 3.05) is 7.11 Å². The van der Waals surface area contributed by atoms with E-state index in [2.05, 4.69) is 26.7 Å². The molecule has 0 fully saturated rings. The molecule has 0 N–H and O–H groups in total. The summed E-state index contributed by atoms with van der Waals surface area (Å²) in [5.74, 6) is -0.465. The molecule has 0 spiro atoms. The molecule has 0 saturated heterocycles. The van der Waals surface area contributed by atoms with Crippen molar-refractivity contribution in [3.8, 4) is 6.07 Å². The molecule has 1 aromatic rings. The van der Waals surface area contributed by atoms with E-state index in [1.165, 1.54) is 7.11 Å². The number of methoxy groups -OCH3 is 1. The minimum atomic E-state index is -0.465. The number of carbonyl (C=O) groups excluding carboxylic acids is 1. The molecule has 0 aliphatic heterocycles. The second-order valence-electron chi connectivity index (χ2n) is 3.22. The van der Waals surface area contributed by atoms with E-state index >= 15 is 0 Å². The van der Waals surface area contributed by atoms with E-state index in [4.69, 9.17) is 5.26 Å². The van der Waals surface area contributed by atoms with Crippen molar-refractivity contribution in [1.82, 2.24) is 0 Å². The van der Waals surface area contributed by atoms with Crippen LogP contribution in [0.3, 0.4) is 0 Å². The number of halogens is 1. The second kappa shape index (κ2) is 5.66. The molecule has 0 radical (unpaired) electrons. The van der Waals surface area contributed by atoms with Gasteiger partial charge in [0, 0.05) is 5.33 Å². The predicted octanol–water partition coefficient (Wildman–Crippen LogP) is 2.80. The van der Waals surface area contributed by atoms with Crippen molar-refractivity contribution in [3.63, 3.8) is 0 Å². The molecule has 0 atom stereocenters. The van der Waals surface area contributed by atoms with E-state index in [0.29, 0.717) is 22.9 Å². The van der Waals surface area contributed by atoms with Gasteiger partial charge in [0.2, 0.25) is 0 Å². The standard InChI is InChI=1S/C12H12BrNO2/c1-3-9-8(6-13)4-5-10(11(9)7-14)12(15)16-2/h4-5H,3,6H2,1-2H3. The summed E-state index contributed by atoms with van der Waals surface area (Å²) in [5.41, 5.74) is 2.70. The van der Waals surface area contributed by atoms with Gasteiger partial charge in [-0.2, -0.15) is 5.26 Å². The highest BCUT2D eigenvalue weighted by molar-refractivity contribution is 9.08. The summed E-state index contributed by atoms with van der Waals surface area (Å²) in [6, 6.07) is 5.57. The predicted molar refractivity (Wildman–Crippen MR) is 64.5 cm³/mol. The first kappa shape index (κ1) is 12.7. The van der Waals surface area contributed by atoms with E-state index in [0.717, 1.165) is 11.1 Å². The van der Waals surface area contributed by atoms with Crippen molar-refractivity contribution in [3.05, 3.63) is 34.4 Å². The monoisotopic (exact) mass is 281 g/mol. The Hall–Kier alpha value is -1.34. The van der Waals surface area contributed by atoms with Crippen LogP contribution < -0.4 is 0 Å². The van der Waals surface area contributed by atoms with E-state index in [1.807, 2.05) is 13.0 Å². The molecular formula is C12H12BrNO2. The Morgan fingerprint density at radius 2 is 2.25 bits per heavy atom. The number of esters is 1. The molecule has 0 aliphatic rings. The Labute approximate surface area is 103 Å². The van der Waals surface area contributed by atoms with Crippen LogP contribution >= 0.6 is 15.9 Å². The summed E-state index contributed by atoms with van der Waals surface area (Å²) in [7, 11) is 1.31. The van der Waals surface area contributed by atoms with Crippen LogP contribution in [0.25, 0.3) is 0 Å². The van der Waals surface area contributed by atoms with Crippen molar-refractivity contribution >= 4 is 21.9 Å². The van der Waals surface area contributed by atoms with Crippen LogP contribution in [0, 0.1) is 11.3 Å². The Morgan fingerprint density at radius 3 is 2.69 bits per heavy atom. The first-order chi connectivity index (χ1) is 7.69. The van der Waals surface area contributed by atoms with Crippen molar-refractivity contribution in [2.24, 2.45) is 0 Å². The van der Waals surface area contributed by atoms with Crippen LogP contribution in [0.15, 0.2) is 12.1 Å². The zero-order chi connectivity index (χ0) is 12.1. The lowest BCUT2D eigenvalue weighted by Crippen LogP contribution is -2.08. The third-order valence-corrected chi connectivity index (χ3v) is 3.03. The average Bonchev–Trinajstić information content (AvgIpc) is 2.35. The summed E-state index contributed by atoms with van der Waals surface area (Å²) in [5, 5.41) is 9.79. The molecule has 0 saturated carbocycles. The quantitative estimate of drug-likeness (QED) is 0.632. The largest absolute Gasteiger partial charge is 0.465 e. The number of benzene rings is 1. The lowest BCUT2D eigenvalue weighted by Gasteiger charge is -2.10. The SMILES string of the molecule is CCc1c(CBr)ccc(C(=O)OC)c1C#N. The van der Waals surface area contributed by atoms with Gasteiger partial charge < -0.3 is 4.74 Å². The normalized spacial score (nSPS) is 9.62. The Balaban J connectivity index is 3.45. The maximum atomic E-state index is 11.5. The van der Waals surface area contributed by atoms with Gasteiger partial charge in [-0.15, -0.1) is 0 Å². The van der Waals surface area contributed by atoms with Gasteiger partial charge in [0.05, 0.1) is 18.2 Å². The molecular weight excluding hydrogens is 270 g/mol. The molecule has 0 aromatic heterocycles. The molecule has 1 aromatic carbocycles. The van der Waals surface area contributed by atoms with Crippen LogP contribution in [0.5, 0.6) is 0 Å². The Morgan fingerprint density at radius 1 is 1.56 bits per heavy atom. The first-order valence-electron chi connectivity index (χ1n) is 4.88. The summed E-state index contributed by atoms with van der Waals surface area (Å²) in [6.45, 7) is 1.96. The fourth-order valence-corrected chi connectivity index (χ4v) is 2.15. The molecule has 0 heterocycles. The van der Waals surface area contributed by atoms with Gasteiger partial charge in [-0.25, -0.2) is 4.79 Å². The highest BCUT2D eigenvalue weighted by Crippen LogP contribution is 2.22. The number of ether oxygens (including phenoxy) is 1. The van der Waals surface area contributed by atoms with E-state index in [1.54, 1.807) is 6.07 Å². The number of carbonyl (C=O) groups is 1. The summed E-state index contributed by atoms with van der Waals surface area (Å²) in [6.07, 6.45) is 0.717. The summed E-state index contributed by atoms with van der Waals surface area (Å²) < 4.78 is 4.65. The molecule has 0 unspecified atom stereocenters. The van der Waals surface area contributed by atoms with Crippen LogP contribution in [0.4, 0.5) is 0 Å². The molecule has 16 heavy (non-hydrogen) atoms. The minimum absolute atomic E-state index is 0.339. The number of nitriles is 1. The number of hydrogen-bond donors (Lipinski definition) is 0. The van der Waals surface area contributed by atoms with Gasteiger partial charge in [-0.1, -0.05) is 28.9 Å². The first-order valence-corrected chi connectivity index (χ1v) is 6.00. The van der Waals surface area contributed by atoms with Crippen LogP contribution in [0.2, 0.25) is 0 Å². The third-order valence-electron chi connectivity index (χ3n) is 2.42. The van der Waals surface area contributed by atoms with Crippen LogP contribution in [0.1, 0.15) is 34.0 Å². The van der Waals surface area contributed by atoms with E-state index < -0.39 is 5.97 Å². The number of rotatable bonds is 3. The van der Waals surface area contributed by atoms with Gasteiger partial charge in [0.1, 0.15) is 6.07 Å². The molecule has 4 heteroatoms. The molecule has 1 rings (SSSR count). The number of hydrogen-bond acceptors (Lipinski definition) is 3. The maximum Gasteiger partial charge on any atom is 0.339 e. The Bertz CT molecular complexity index is 449. The van der Waals surface area contributed by atoms with Gasteiger partial charge >= 0.3 is 5.97 Å². The van der Waals surface area contributed by atoms with E-state index in [9.17, 15) is 4.79 Å². The second-order valence-corrected chi connectivity index (χ2v) is 3.78. The smallest absolute Gasteiger partial charge is 0.339 e. The highest BCUT2D eigenvalue weighted by atomic mass is 79.9. The molecule has 0 aliphatic carbocycles. The zero-order valence-corrected chi connectivity index (χ0v) is 10.8. The fraction of sp³-hybridized carbons (Fsp3) is 0.333. The van der Waals surface area contributed by atoms with Gasteiger partial charge in [0.25, 0.3) is 0 Å². The van der Waals surface area contributed by atoms with Crippen molar-refractivity contribution in [2.45, 2.75) is 18.7 Å². The minimum Gasteiger partial charge on any atom is -0.465 e. The maximum absolute atomic E-state index is 11.5. The fourth-order valence-electron chi connectivity index (χ4n) is 1.63. The topological polar surface area (TPSA) is 50.1 Å². The molecule has 84 valence electrons. The van der Waals surface area contributed by atoms with Crippen molar-refractivity contribution < 1.29 is 9.53 Å².